The molecule has 0 saturated heterocycles. The van der Waals surface area contributed by atoms with Gasteiger partial charge in [-0.15, -0.1) is 0 Å². The number of rotatable bonds is 1. The van der Waals surface area contributed by atoms with Crippen LogP contribution in [0.5, 0.6) is 0 Å². The summed E-state index contributed by atoms with van der Waals surface area (Å²) < 4.78 is 1.67. The van der Waals surface area contributed by atoms with Crippen molar-refractivity contribution < 1.29 is 0 Å². The van der Waals surface area contributed by atoms with E-state index in [-0.39, 0.29) is 0 Å². The van der Waals surface area contributed by atoms with Crippen LogP contribution < -0.4 is 0 Å². The highest BCUT2D eigenvalue weighted by atomic mass is 35.5. The van der Waals surface area contributed by atoms with E-state index in [9.17, 15) is 0 Å². The van der Waals surface area contributed by atoms with Gasteiger partial charge < -0.3 is 0 Å². The Hall–Kier alpha value is -1.09. The quantitative estimate of drug-likeness (QED) is 0.709. The Kier molecular flexibility index (Phi) is 2.56. The molecule has 4 heteroatoms. The molecular weight excluding hydrogens is 222 g/mol. The number of hydrogen-bond acceptors (Lipinski definition) is 2. The Morgan fingerprint density at radius 1 is 1.25 bits per heavy atom. The predicted octanol–water partition coefficient (Wildman–Crippen LogP) is 3.43. The van der Waals surface area contributed by atoms with Crippen molar-refractivity contribution in [2.45, 2.75) is 38.0 Å². The van der Waals surface area contributed by atoms with Crippen LogP contribution in [0.15, 0.2) is 18.3 Å². The summed E-state index contributed by atoms with van der Waals surface area (Å²) in [6.45, 7) is 0. The molecule has 1 aliphatic rings. The van der Waals surface area contributed by atoms with Gasteiger partial charge in [0.25, 0.3) is 0 Å². The Morgan fingerprint density at radius 2 is 2.06 bits per heavy atom. The molecule has 0 aromatic carbocycles. The number of hydrogen-bond donors (Lipinski definition) is 0. The van der Waals surface area contributed by atoms with E-state index in [1.807, 2.05) is 12.1 Å². The molecule has 1 saturated carbocycles. The van der Waals surface area contributed by atoms with E-state index in [4.69, 9.17) is 11.6 Å². The van der Waals surface area contributed by atoms with Gasteiger partial charge in [0, 0.05) is 17.7 Å². The Balaban J connectivity index is 2.02. The molecule has 2 aromatic rings. The van der Waals surface area contributed by atoms with Crippen LogP contribution in [0.4, 0.5) is 0 Å². The van der Waals surface area contributed by atoms with Crippen LogP contribution in [-0.2, 0) is 0 Å². The third-order valence-electron chi connectivity index (χ3n) is 3.36. The van der Waals surface area contributed by atoms with Crippen molar-refractivity contribution in [3.05, 3.63) is 29.2 Å². The van der Waals surface area contributed by atoms with Crippen molar-refractivity contribution in [3.8, 4) is 0 Å². The molecule has 0 bridgehead atoms. The topological polar surface area (TPSA) is 30.2 Å². The van der Waals surface area contributed by atoms with Crippen molar-refractivity contribution in [2.75, 3.05) is 0 Å². The number of fused-ring (bicyclic) bond motifs is 1. The Morgan fingerprint density at radius 3 is 2.88 bits per heavy atom. The molecule has 16 heavy (non-hydrogen) atoms. The summed E-state index contributed by atoms with van der Waals surface area (Å²) in [6.07, 6.45) is 8.21. The highest BCUT2D eigenvalue weighted by Gasteiger charge is 2.18. The Bertz CT molecular complexity index is 500. The van der Waals surface area contributed by atoms with Crippen LogP contribution in [0.3, 0.4) is 0 Å². The standard InChI is InChI=1S/C12H14ClN3/c13-11-8-10(9-4-2-1-3-5-9)15-12-6-7-14-16(11)12/h6-9H,1-5H2. The van der Waals surface area contributed by atoms with Crippen molar-refractivity contribution in [1.82, 2.24) is 14.6 Å². The van der Waals surface area contributed by atoms with Gasteiger partial charge in [0.1, 0.15) is 5.15 Å². The van der Waals surface area contributed by atoms with E-state index in [1.165, 1.54) is 32.1 Å². The molecule has 0 radical (unpaired) electrons. The summed E-state index contributed by atoms with van der Waals surface area (Å²) >= 11 is 6.18. The van der Waals surface area contributed by atoms with Crippen molar-refractivity contribution in [3.63, 3.8) is 0 Å². The van der Waals surface area contributed by atoms with Gasteiger partial charge in [-0.2, -0.15) is 5.10 Å². The first-order valence-corrected chi connectivity index (χ1v) is 6.22. The fourth-order valence-corrected chi connectivity index (χ4v) is 2.74. The molecule has 1 fully saturated rings. The van der Waals surface area contributed by atoms with E-state index < -0.39 is 0 Å². The highest BCUT2D eigenvalue weighted by Crippen LogP contribution is 2.32. The molecule has 1 aliphatic carbocycles. The van der Waals surface area contributed by atoms with Crippen LogP contribution in [0, 0.1) is 0 Å². The SMILES string of the molecule is Clc1cc(C2CCCCC2)nc2ccnn12. The lowest BCUT2D eigenvalue weighted by molar-refractivity contribution is 0.437. The molecule has 2 heterocycles. The lowest BCUT2D eigenvalue weighted by Crippen LogP contribution is -2.08. The molecule has 0 aliphatic heterocycles. The zero-order valence-corrected chi connectivity index (χ0v) is 9.82. The van der Waals surface area contributed by atoms with Crippen LogP contribution in [0.1, 0.15) is 43.7 Å². The molecule has 0 atom stereocenters. The van der Waals surface area contributed by atoms with Crippen LogP contribution in [0.2, 0.25) is 5.15 Å². The zero-order chi connectivity index (χ0) is 11.0. The maximum absolute atomic E-state index is 6.18. The first-order valence-electron chi connectivity index (χ1n) is 5.85. The third kappa shape index (κ3) is 1.69. The van der Waals surface area contributed by atoms with Crippen molar-refractivity contribution in [1.29, 1.82) is 0 Å². The second kappa shape index (κ2) is 4.06. The maximum Gasteiger partial charge on any atom is 0.156 e. The van der Waals surface area contributed by atoms with E-state index in [0.717, 1.165) is 11.3 Å². The summed E-state index contributed by atoms with van der Waals surface area (Å²) in [4.78, 5) is 4.64. The summed E-state index contributed by atoms with van der Waals surface area (Å²) in [5, 5.41) is 4.79. The van der Waals surface area contributed by atoms with E-state index in [0.29, 0.717) is 11.1 Å². The van der Waals surface area contributed by atoms with Gasteiger partial charge in [-0.1, -0.05) is 30.9 Å². The van der Waals surface area contributed by atoms with Crippen LogP contribution in [-0.4, -0.2) is 14.6 Å². The molecule has 0 spiro atoms. The minimum absolute atomic E-state index is 0.589. The van der Waals surface area contributed by atoms with Crippen LogP contribution >= 0.6 is 11.6 Å². The monoisotopic (exact) mass is 235 g/mol. The van der Waals surface area contributed by atoms with Gasteiger partial charge in [-0.05, 0) is 18.9 Å². The second-order valence-electron chi connectivity index (χ2n) is 4.44. The molecule has 0 unspecified atom stereocenters. The zero-order valence-electron chi connectivity index (χ0n) is 9.06. The maximum atomic E-state index is 6.18. The summed E-state index contributed by atoms with van der Waals surface area (Å²) in [5.41, 5.74) is 1.99. The summed E-state index contributed by atoms with van der Waals surface area (Å²) in [5.74, 6) is 0.589. The smallest absolute Gasteiger partial charge is 0.156 e. The highest BCUT2D eigenvalue weighted by molar-refractivity contribution is 6.29. The van der Waals surface area contributed by atoms with Gasteiger partial charge in [0.2, 0.25) is 0 Å². The third-order valence-corrected chi connectivity index (χ3v) is 3.63. The number of nitrogens with zero attached hydrogens (tertiary/aromatic N) is 3. The fraction of sp³-hybridized carbons (Fsp3) is 0.500. The van der Waals surface area contributed by atoms with E-state index >= 15 is 0 Å². The first kappa shape index (κ1) is 10.1. The fourth-order valence-electron chi connectivity index (χ4n) is 2.50. The van der Waals surface area contributed by atoms with Crippen LogP contribution in [0.25, 0.3) is 5.65 Å². The normalized spacial score (nSPS) is 18.1. The van der Waals surface area contributed by atoms with Gasteiger partial charge in [0.15, 0.2) is 5.65 Å². The van der Waals surface area contributed by atoms with Crippen molar-refractivity contribution >= 4 is 17.2 Å². The second-order valence-corrected chi connectivity index (χ2v) is 4.83. The molecule has 3 rings (SSSR count). The number of halogens is 1. The van der Waals surface area contributed by atoms with Gasteiger partial charge in [-0.25, -0.2) is 9.50 Å². The summed E-state index contributed by atoms with van der Waals surface area (Å²) in [6, 6.07) is 3.87. The van der Waals surface area contributed by atoms with Crippen molar-refractivity contribution in [2.24, 2.45) is 0 Å². The first-order chi connectivity index (χ1) is 7.84. The largest absolute Gasteiger partial charge is 0.233 e. The lowest BCUT2D eigenvalue weighted by atomic mass is 9.87. The van der Waals surface area contributed by atoms with Gasteiger partial charge >= 0.3 is 0 Å². The Labute approximate surface area is 99.4 Å². The molecular formula is C12H14ClN3. The average Bonchev–Trinajstić information content (AvgIpc) is 2.79. The molecule has 0 amide bonds. The minimum atomic E-state index is 0.589. The number of aromatic nitrogens is 3. The molecule has 3 nitrogen and oxygen atoms in total. The molecule has 0 N–H and O–H groups in total. The molecule has 2 aromatic heterocycles. The molecule has 84 valence electrons. The van der Waals surface area contributed by atoms with E-state index in [1.54, 1.807) is 10.7 Å². The van der Waals surface area contributed by atoms with E-state index in [2.05, 4.69) is 10.1 Å². The average molecular weight is 236 g/mol. The van der Waals surface area contributed by atoms with Gasteiger partial charge in [0.05, 0.1) is 6.20 Å². The minimum Gasteiger partial charge on any atom is -0.233 e. The lowest BCUT2D eigenvalue weighted by Gasteiger charge is -2.21. The predicted molar refractivity (Wildman–Crippen MR) is 63.8 cm³/mol. The van der Waals surface area contributed by atoms with Gasteiger partial charge in [-0.3, -0.25) is 0 Å². The summed E-state index contributed by atoms with van der Waals surface area (Å²) in [7, 11) is 0.